The van der Waals surface area contributed by atoms with Gasteiger partial charge in [0.2, 0.25) is 5.95 Å². The highest BCUT2D eigenvalue weighted by atomic mass is 19.1. The van der Waals surface area contributed by atoms with Gasteiger partial charge in [0, 0.05) is 63.5 Å². The molecule has 4 atom stereocenters. The van der Waals surface area contributed by atoms with E-state index in [9.17, 15) is 18.4 Å². The lowest BCUT2D eigenvalue weighted by atomic mass is 9.91. The molecule has 2 saturated heterocycles. The molecular formula is C33H42F2N8O4. The molecule has 47 heavy (non-hydrogen) atoms. The normalized spacial score (nSPS) is 24.1. The van der Waals surface area contributed by atoms with E-state index in [-0.39, 0.29) is 48.4 Å². The van der Waals surface area contributed by atoms with Gasteiger partial charge in [0.25, 0.3) is 5.91 Å². The molecule has 2 amide bonds. The fourth-order valence-corrected chi connectivity index (χ4v) is 7.19. The lowest BCUT2D eigenvalue weighted by Gasteiger charge is -2.41. The molecular weight excluding hydrogens is 610 g/mol. The summed E-state index contributed by atoms with van der Waals surface area (Å²) in [6.07, 6.45) is 4.34. The van der Waals surface area contributed by atoms with Crippen molar-refractivity contribution in [2.45, 2.75) is 77.0 Å². The molecule has 6 rings (SSSR count). The van der Waals surface area contributed by atoms with Crippen LogP contribution in [0, 0.1) is 23.5 Å². The van der Waals surface area contributed by atoms with Crippen LogP contribution in [0.3, 0.4) is 0 Å². The van der Waals surface area contributed by atoms with E-state index in [1.165, 1.54) is 12.4 Å². The van der Waals surface area contributed by atoms with E-state index in [2.05, 4.69) is 30.3 Å². The quantitative estimate of drug-likeness (QED) is 0.382. The number of rotatable bonds is 7. The summed E-state index contributed by atoms with van der Waals surface area (Å²) in [6, 6.07) is 3.27. The highest BCUT2D eigenvalue weighted by Crippen LogP contribution is 2.41. The Bertz CT molecular complexity index is 1600. The number of piperidine rings is 1. The Hall–Kier alpha value is -4.36. The van der Waals surface area contributed by atoms with E-state index >= 15 is 0 Å². The maximum atomic E-state index is 14.9. The fourth-order valence-electron chi connectivity index (χ4n) is 7.19. The Kier molecular flexibility index (Phi) is 8.79. The summed E-state index contributed by atoms with van der Waals surface area (Å²) < 4.78 is 40.0. The van der Waals surface area contributed by atoms with Gasteiger partial charge in [-0.2, -0.15) is 4.98 Å². The molecule has 0 spiro atoms. The first-order chi connectivity index (χ1) is 22.3. The zero-order valence-corrected chi connectivity index (χ0v) is 27.6. The lowest BCUT2D eigenvalue weighted by molar-refractivity contribution is 0.0504. The van der Waals surface area contributed by atoms with Crippen molar-refractivity contribution in [3.05, 3.63) is 59.2 Å². The minimum absolute atomic E-state index is 0.0612. The van der Waals surface area contributed by atoms with E-state index in [4.69, 9.17) is 9.26 Å². The highest BCUT2D eigenvalue weighted by Gasteiger charge is 2.46. The monoisotopic (exact) mass is 652 g/mol. The van der Waals surface area contributed by atoms with Crippen LogP contribution in [0.1, 0.15) is 81.0 Å². The van der Waals surface area contributed by atoms with Crippen LogP contribution in [0.5, 0.6) is 0 Å². The van der Waals surface area contributed by atoms with Gasteiger partial charge in [-0.15, -0.1) is 0 Å². The van der Waals surface area contributed by atoms with E-state index in [0.717, 1.165) is 44.1 Å². The van der Waals surface area contributed by atoms with Crippen LogP contribution < -0.4 is 15.1 Å². The molecule has 12 nitrogen and oxygen atoms in total. The summed E-state index contributed by atoms with van der Waals surface area (Å²) in [7, 11) is 1.83. The number of nitrogens with zero attached hydrogens (tertiary/aromatic N) is 7. The topological polar surface area (TPSA) is 130 Å². The number of benzene rings is 1. The molecule has 4 heterocycles. The minimum atomic E-state index is -0.733. The third kappa shape index (κ3) is 6.86. The van der Waals surface area contributed by atoms with E-state index in [0.29, 0.717) is 23.4 Å². The number of anilines is 2. The number of fused-ring (bicyclic) bond motifs is 2. The van der Waals surface area contributed by atoms with Crippen LogP contribution in [0.2, 0.25) is 0 Å². The van der Waals surface area contributed by atoms with Gasteiger partial charge in [-0.25, -0.2) is 23.5 Å². The molecule has 2 aliphatic heterocycles. The van der Waals surface area contributed by atoms with Crippen LogP contribution in [-0.2, 0) is 4.74 Å². The first-order valence-electron chi connectivity index (χ1n) is 16.1. The third-order valence-corrected chi connectivity index (χ3v) is 9.32. The summed E-state index contributed by atoms with van der Waals surface area (Å²) in [6.45, 7) is 11.2. The van der Waals surface area contributed by atoms with Gasteiger partial charge < -0.3 is 29.3 Å². The minimum Gasteiger partial charge on any atom is -0.444 e. The van der Waals surface area contributed by atoms with Crippen molar-refractivity contribution in [3.8, 4) is 0 Å². The molecule has 1 saturated carbocycles. The lowest BCUT2D eigenvalue weighted by Crippen LogP contribution is -2.53. The van der Waals surface area contributed by atoms with E-state index in [1.807, 2.05) is 25.8 Å². The molecule has 3 aliphatic rings. The van der Waals surface area contributed by atoms with Crippen molar-refractivity contribution >= 4 is 24.0 Å². The third-order valence-electron chi connectivity index (χ3n) is 9.32. The number of ether oxygens (including phenoxy) is 1. The standard InChI is InChI=1S/C33H42F2N8O4/c1-18(2)28-39-31(47-40-28)43-14-19-7-8-20(15-43)27(19)41(6)29(44)21-12-36-30(37-13-21)42-16-24(23-11-22(34)9-10-25(23)35)26(17-42)38-32(45)46-33(3,4)5/h9-13,18-20,24,26-27H,7-8,14-17H2,1-6H3,(H,38,45). The predicted octanol–water partition coefficient (Wildman–Crippen LogP) is 4.75. The van der Waals surface area contributed by atoms with Crippen molar-refractivity contribution in [1.29, 1.82) is 0 Å². The van der Waals surface area contributed by atoms with Crippen LogP contribution in [0.25, 0.3) is 0 Å². The SMILES string of the molecule is CC(C)c1noc(N2CC3CCC(C2)C3N(C)C(=O)c2cnc(N3CC(NC(=O)OC(C)(C)C)C(c4cc(F)ccc4F)C3)nc2)n1. The Labute approximate surface area is 272 Å². The number of halogens is 2. The zero-order valence-electron chi connectivity index (χ0n) is 27.6. The number of nitrogens with one attached hydrogen (secondary N) is 1. The molecule has 4 unspecified atom stereocenters. The van der Waals surface area contributed by atoms with E-state index in [1.54, 1.807) is 25.7 Å². The first kappa shape index (κ1) is 32.6. The Morgan fingerprint density at radius 2 is 1.72 bits per heavy atom. The second kappa shape index (κ2) is 12.7. The molecule has 1 aliphatic carbocycles. The molecule has 2 aromatic heterocycles. The summed E-state index contributed by atoms with van der Waals surface area (Å²) in [5, 5.41) is 6.93. The summed E-state index contributed by atoms with van der Waals surface area (Å²) >= 11 is 0. The van der Waals surface area contributed by atoms with Crippen molar-refractivity contribution in [3.63, 3.8) is 0 Å². The molecule has 3 fully saturated rings. The maximum absolute atomic E-state index is 14.9. The van der Waals surface area contributed by atoms with Crippen LogP contribution >= 0.6 is 0 Å². The van der Waals surface area contributed by atoms with Crippen molar-refractivity contribution in [1.82, 2.24) is 30.3 Å². The Morgan fingerprint density at radius 3 is 2.34 bits per heavy atom. The molecule has 3 aromatic rings. The zero-order chi connectivity index (χ0) is 33.6. The highest BCUT2D eigenvalue weighted by molar-refractivity contribution is 5.93. The average Bonchev–Trinajstić information content (AvgIpc) is 3.73. The number of aromatic nitrogens is 4. The fraction of sp³-hybridized carbons (Fsp3) is 0.576. The average molecular weight is 653 g/mol. The molecule has 14 heteroatoms. The Morgan fingerprint density at radius 1 is 1.04 bits per heavy atom. The molecule has 2 bridgehead atoms. The summed E-state index contributed by atoms with van der Waals surface area (Å²) in [4.78, 5) is 45.6. The number of alkyl carbamates (subject to hydrolysis) is 1. The van der Waals surface area contributed by atoms with Gasteiger partial charge in [0.1, 0.15) is 17.2 Å². The van der Waals surface area contributed by atoms with Crippen molar-refractivity contribution in [2.24, 2.45) is 11.8 Å². The number of hydrogen-bond acceptors (Lipinski definition) is 10. The van der Waals surface area contributed by atoms with Crippen LogP contribution in [-0.4, -0.2) is 87.9 Å². The van der Waals surface area contributed by atoms with E-state index < -0.39 is 35.3 Å². The molecule has 1 N–H and O–H groups in total. The summed E-state index contributed by atoms with van der Waals surface area (Å²) in [5.41, 5.74) is -0.239. The van der Waals surface area contributed by atoms with Gasteiger partial charge in [-0.3, -0.25) is 4.79 Å². The second-order valence-corrected chi connectivity index (χ2v) is 14.2. The van der Waals surface area contributed by atoms with Gasteiger partial charge in [-0.05, 0) is 69.2 Å². The molecule has 0 radical (unpaired) electrons. The molecule has 252 valence electrons. The number of carbonyl (C=O) groups is 2. The Balaban J connectivity index is 1.14. The van der Waals surface area contributed by atoms with Gasteiger partial charge in [0.15, 0.2) is 5.82 Å². The van der Waals surface area contributed by atoms with Crippen molar-refractivity contribution in [2.75, 3.05) is 43.0 Å². The first-order valence-corrected chi connectivity index (χ1v) is 16.1. The second-order valence-electron chi connectivity index (χ2n) is 14.2. The van der Waals surface area contributed by atoms with Crippen LogP contribution in [0.15, 0.2) is 35.1 Å². The number of hydrogen-bond donors (Lipinski definition) is 1. The number of amides is 2. The van der Waals surface area contributed by atoms with Crippen LogP contribution in [0.4, 0.5) is 25.5 Å². The summed E-state index contributed by atoms with van der Waals surface area (Å²) in [5.74, 6) is -0.217. The van der Waals surface area contributed by atoms with Crippen molar-refractivity contribution < 1.29 is 27.6 Å². The maximum Gasteiger partial charge on any atom is 0.407 e. The molecule has 1 aromatic carbocycles. The number of carbonyl (C=O) groups excluding carboxylic acids is 2. The van der Waals surface area contributed by atoms with Gasteiger partial charge in [-0.1, -0.05) is 19.0 Å². The smallest absolute Gasteiger partial charge is 0.407 e. The predicted molar refractivity (Wildman–Crippen MR) is 169 cm³/mol. The van der Waals surface area contributed by atoms with Gasteiger partial charge in [0.05, 0.1) is 11.6 Å². The van der Waals surface area contributed by atoms with Gasteiger partial charge >= 0.3 is 12.1 Å². The largest absolute Gasteiger partial charge is 0.444 e.